The van der Waals surface area contributed by atoms with E-state index in [0.717, 1.165) is 18.4 Å². The highest BCUT2D eigenvalue weighted by atomic mass is 16.5. The SMILES string of the molecule is COC(=O)/C(C)=N/C(=O)c1cccc(/C=C\CCCn2ccccc2=O)c1. The van der Waals surface area contributed by atoms with Crippen molar-refractivity contribution in [1.82, 2.24) is 4.57 Å². The molecule has 0 atom stereocenters. The first kappa shape index (κ1) is 20.0. The maximum absolute atomic E-state index is 12.1. The fraction of sp³-hybridized carbons (Fsp3) is 0.238. The third kappa shape index (κ3) is 6.18. The number of aryl methyl sites for hydroxylation is 1. The van der Waals surface area contributed by atoms with Crippen molar-refractivity contribution in [2.24, 2.45) is 4.99 Å². The molecular formula is C21H22N2O4. The summed E-state index contributed by atoms with van der Waals surface area (Å²) in [4.78, 5) is 38.8. The molecule has 0 unspecified atom stereocenters. The van der Waals surface area contributed by atoms with Crippen LogP contribution in [0.25, 0.3) is 6.08 Å². The van der Waals surface area contributed by atoms with E-state index in [4.69, 9.17) is 0 Å². The Morgan fingerprint density at radius 2 is 2.00 bits per heavy atom. The first-order valence-electron chi connectivity index (χ1n) is 8.61. The van der Waals surface area contributed by atoms with E-state index < -0.39 is 11.9 Å². The standard InChI is InChI=1S/C21H22N2O4/c1-16(21(26)27-2)22-20(25)18-11-8-10-17(15-18)9-4-3-6-13-23-14-7-5-12-19(23)24/h4-5,7-12,14-15H,3,6,13H2,1-2H3/b9-4-,22-16+. The fourth-order valence-corrected chi connectivity index (χ4v) is 2.43. The van der Waals surface area contributed by atoms with Crippen LogP contribution in [-0.2, 0) is 16.1 Å². The molecule has 0 aliphatic heterocycles. The van der Waals surface area contributed by atoms with Crippen LogP contribution in [0.5, 0.6) is 0 Å². The molecule has 0 aliphatic rings. The van der Waals surface area contributed by atoms with Crippen LogP contribution in [0.4, 0.5) is 0 Å². The number of unbranched alkanes of at least 4 members (excludes halogenated alkanes) is 1. The van der Waals surface area contributed by atoms with Gasteiger partial charge in [0.05, 0.1) is 7.11 Å². The summed E-state index contributed by atoms with van der Waals surface area (Å²) in [7, 11) is 1.24. The van der Waals surface area contributed by atoms with Gasteiger partial charge in [0, 0.05) is 24.4 Å². The Bertz CT molecular complexity index is 926. The van der Waals surface area contributed by atoms with Gasteiger partial charge in [-0.3, -0.25) is 9.59 Å². The van der Waals surface area contributed by atoms with Gasteiger partial charge in [0.15, 0.2) is 0 Å². The minimum absolute atomic E-state index is 0.00417. The van der Waals surface area contributed by atoms with Crippen LogP contribution in [0.3, 0.4) is 0 Å². The molecule has 1 amide bonds. The average molecular weight is 366 g/mol. The zero-order chi connectivity index (χ0) is 19.6. The lowest BCUT2D eigenvalue weighted by atomic mass is 10.1. The molecule has 0 fully saturated rings. The predicted octanol–water partition coefficient (Wildman–Crippen LogP) is 3.12. The van der Waals surface area contributed by atoms with Crippen molar-refractivity contribution in [3.8, 4) is 0 Å². The topological polar surface area (TPSA) is 77.7 Å². The number of pyridine rings is 1. The molecule has 0 saturated carbocycles. The van der Waals surface area contributed by atoms with Crippen molar-refractivity contribution in [2.45, 2.75) is 26.3 Å². The van der Waals surface area contributed by atoms with Gasteiger partial charge in [0.1, 0.15) is 5.71 Å². The van der Waals surface area contributed by atoms with Gasteiger partial charge < -0.3 is 9.30 Å². The molecule has 0 N–H and O–H groups in total. The number of aromatic nitrogens is 1. The number of carbonyl (C=O) groups is 2. The van der Waals surface area contributed by atoms with Crippen molar-refractivity contribution >= 4 is 23.7 Å². The van der Waals surface area contributed by atoms with Crippen molar-refractivity contribution in [1.29, 1.82) is 0 Å². The van der Waals surface area contributed by atoms with Crippen molar-refractivity contribution < 1.29 is 14.3 Å². The second-order valence-corrected chi connectivity index (χ2v) is 5.90. The summed E-state index contributed by atoms with van der Waals surface area (Å²) in [6, 6.07) is 12.1. The molecule has 2 rings (SSSR count). The lowest BCUT2D eigenvalue weighted by molar-refractivity contribution is -0.132. The molecule has 0 saturated heterocycles. The largest absolute Gasteiger partial charge is 0.465 e. The van der Waals surface area contributed by atoms with Gasteiger partial charge in [-0.05, 0) is 43.5 Å². The quantitative estimate of drug-likeness (QED) is 0.428. The number of rotatable bonds is 7. The smallest absolute Gasteiger partial charge is 0.352 e. The summed E-state index contributed by atoms with van der Waals surface area (Å²) in [5.74, 6) is -1.12. The van der Waals surface area contributed by atoms with Gasteiger partial charge in [-0.15, -0.1) is 0 Å². The Balaban J connectivity index is 1.94. The Labute approximate surface area is 157 Å². The van der Waals surface area contributed by atoms with Crippen LogP contribution >= 0.6 is 0 Å². The van der Waals surface area contributed by atoms with Gasteiger partial charge in [0.25, 0.3) is 5.91 Å². The van der Waals surface area contributed by atoms with Crippen molar-refractivity contribution in [2.75, 3.05) is 7.11 Å². The molecule has 1 aromatic carbocycles. The van der Waals surface area contributed by atoms with Crippen LogP contribution in [0.2, 0.25) is 0 Å². The Morgan fingerprint density at radius 1 is 1.19 bits per heavy atom. The van der Waals surface area contributed by atoms with E-state index in [0.29, 0.717) is 12.1 Å². The number of allylic oxidation sites excluding steroid dienone is 1. The molecule has 0 radical (unpaired) electrons. The number of carbonyl (C=O) groups excluding carboxylic acids is 2. The highest BCUT2D eigenvalue weighted by Gasteiger charge is 2.10. The molecule has 6 heteroatoms. The Kier molecular flexibility index (Phi) is 7.43. The van der Waals surface area contributed by atoms with Gasteiger partial charge >= 0.3 is 5.97 Å². The van der Waals surface area contributed by atoms with E-state index >= 15 is 0 Å². The van der Waals surface area contributed by atoms with E-state index in [2.05, 4.69) is 9.73 Å². The third-order valence-electron chi connectivity index (χ3n) is 3.86. The summed E-state index contributed by atoms with van der Waals surface area (Å²) >= 11 is 0. The molecule has 0 spiro atoms. The number of benzene rings is 1. The van der Waals surface area contributed by atoms with Crippen LogP contribution in [-0.4, -0.2) is 29.3 Å². The van der Waals surface area contributed by atoms with E-state index in [1.165, 1.54) is 14.0 Å². The van der Waals surface area contributed by atoms with Crippen molar-refractivity contribution in [3.63, 3.8) is 0 Å². The van der Waals surface area contributed by atoms with Crippen LogP contribution in [0.15, 0.2) is 64.5 Å². The summed E-state index contributed by atoms with van der Waals surface area (Å²) in [6.07, 6.45) is 7.33. The number of aliphatic imine (C=N–C) groups is 1. The van der Waals surface area contributed by atoms with Crippen LogP contribution in [0.1, 0.15) is 35.7 Å². The Hall–Kier alpha value is -3.28. The number of hydrogen-bond acceptors (Lipinski definition) is 4. The highest BCUT2D eigenvalue weighted by Crippen LogP contribution is 2.10. The van der Waals surface area contributed by atoms with Crippen LogP contribution in [0, 0.1) is 0 Å². The maximum Gasteiger partial charge on any atom is 0.352 e. The minimum atomic E-state index is -0.628. The zero-order valence-corrected chi connectivity index (χ0v) is 15.4. The first-order chi connectivity index (χ1) is 13.0. The van der Waals surface area contributed by atoms with Gasteiger partial charge in [-0.1, -0.05) is 30.4 Å². The molecule has 0 aliphatic carbocycles. The molecular weight excluding hydrogens is 344 g/mol. The van der Waals surface area contributed by atoms with Gasteiger partial charge in [0.2, 0.25) is 5.56 Å². The van der Waals surface area contributed by atoms with Crippen molar-refractivity contribution in [3.05, 3.63) is 76.2 Å². The third-order valence-corrected chi connectivity index (χ3v) is 3.86. The summed E-state index contributed by atoms with van der Waals surface area (Å²) in [5.41, 5.74) is 1.27. The summed E-state index contributed by atoms with van der Waals surface area (Å²) < 4.78 is 6.21. The molecule has 140 valence electrons. The number of nitrogens with zero attached hydrogens (tertiary/aromatic N) is 2. The highest BCUT2D eigenvalue weighted by molar-refractivity contribution is 6.37. The lowest BCUT2D eigenvalue weighted by Gasteiger charge is -2.03. The number of amides is 1. The fourth-order valence-electron chi connectivity index (χ4n) is 2.43. The molecule has 2 aromatic rings. The number of esters is 1. The normalized spacial score (nSPS) is 11.6. The minimum Gasteiger partial charge on any atom is -0.465 e. The van der Waals surface area contributed by atoms with E-state index in [1.54, 1.807) is 41.1 Å². The number of hydrogen-bond donors (Lipinski definition) is 0. The summed E-state index contributed by atoms with van der Waals surface area (Å²) in [5, 5.41) is 0. The molecule has 6 nitrogen and oxygen atoms in total. The average Bonchev–Trinajstić information content (AvgIpc) is 2.68. The molecule has 1 heterocycles. The van der Waals surface area contributed by atoms with Gasteiger partial charge in [-0.2, -0.15) is 0 Å². The van der Waals surface area contributed by atoms with Crippen LogP contribution < -0.4 is 5.56 Å². The monoisotopic (exact) mass is 366 g/mol. The summed E-state index contributed by atoms with van der Waals surface area (Å²) in [6.45, 7) is 2.09. The maximum atomic E-state index is 12.1. The Morgan fingerprint density at radius 3 is 2.74 bits per heavy atom. The first-order valence-corrected chi connectivity index (χ1v) is 8.61. The van der Waals surface area contributed by atoms with E-state index in [-0.39, 0.29) is 11.3 Å². The predicted molar refractivity (Wildman–Crippen MR) is 105 cm³/mol. The lowest BCUT2D eigenvalue weighted by Crippen LogP contribution is -2.17. The molecule has 1 aromatic heterocycles. The second-order valence-electron chi connectivity index (χ2n) is 5.90. The zero-order valence-electron chi connectivity index (χ0n) is 15.4. The number of methoxy groups -OCH3 is 1. The molecule has 27 heavy (non-hydrogen) atoms. The van der Waals surface area contributed by atoms with E-state index in [1.807, 2.05) is 24.3 Å². The van der Waals surface area contributed by atoms with Gasteiger partial charge in [-0.25, -0.2) is 9.79 Å². The van der Waals surface area contributed by atoms with E-state index in [9.17, 15) is 14.4 Å². The number of ether oxygens (including phenoxy) is 1. The molecule has 0 bridgehead atoms. The second kappa shape index (κ2) is 10.0.